The molecule has 0 atom stereocenters. The molecule has 5 aromatic rings. The van der Waals surface area contributed by atoms with Crippen molar-refractivity contribution in [2.45, 2.75) is 13.8 Å². The summed E-state index contributed by atoms with van der Waals surface area (Å²) in [7, 11) is 0. The van der Waals surface area contributed by atoms with Crippen LogP contribution in [0.2, 0.25) is 0 Å². The topological polar surface area (TPSA) is 73.2 Å². The molecular weight excluding hydrogens is 500 g/mol. The second-order valence-electron chi connectivity index (χ2n) is 8.89. The molecule has 6 nitrogen and oxygen atoms in total. The third-order valence-electron chi connectivity index (χ3n) is 6.01. The summed E-state index contributed by atoms with van der Waals surface area (Å²) >= 11 is 0. The SMILES string of the molecule is CC(=O)Oc1c(-c2ccc(NC(=O)c3ccc(C)cc3)cc2)c(-c2ccccc2F)nn1-c1cccc(F)c1. The lowest BCUT2D eigenvalue weighted by Gasteiger charge is -2.11. The van der Waals surface area contributed by atoms with Crippen molar-refractivity contribution in [2.24, 2.45) is 0 Å². The number of carbonyl (C=O) groups excluding carboxylic acids is 2. The van der Waals surface area contributed by atoms with Crippen LogP contribution in [0.4, 0.5) is 14.5 Å². The molecule has 1 heterocycles. The predicted octanol–water partition coefficient (Wildman–Crippen LogP) is 6.97. The van der Waals surface area contributed by atoms with Crippen LogP contribution in [0.1, 0.15) is 22.8 Å². The Morgan fingerprint density at radius 1 is 0.872 bits per heavy atom. The van der Waals surface area contributed by atoms with Gasteiger partial charge in [0, 0.05) is 23.7 Å². The van der Waals surface area contributed by atoms with E-state index in [-0.39, 0.29) is 28.7 Å². The summed E-state index contributed by atoms with van der Waals surface area (Å²) in [4.78, 5) is 24.8. The number of nitrogens with one attached hydrogen (secondary N) is 1. The van der Waals surface area contributed by atoms with E-state index in [0.29, 0.717) is 22.4 Å². The molecule has 1 aromatic heterocycles. The molecule has 0 bridgehead atoms. The van der Waals surface area contributed by atoms with Gasteiger partial charge < -0.3 is 10.1 Å². The Labute approximate surface area is 223 Å². The Bertz CT molecular complexity index is 1680. The van der Waals surface area contributed by atoms with E-state index in [1.807, 2.05) is 19.1 Å². The summed E-state index contributed by atoms with van der Waals surface area (Å²) in [5.74, 6) is -1.94. The maximum atomic E-state index is 15.0. The van der Waals surface area contributed by atoms with Gasteiger partial charge in [-0.3, -0.25) is 9.59 Å². The molecular formula is C31H23F2N3O3. The van der Waals surface area contributed by atoms with Gasteiger partial charge in [-0.2, -0.15) is 9.78 Å². The van der Waals surface area contributed by atoms with Crippen LogP contribution in [0.25, 0.3) is 28.1 Å². The maximum absolute atomic E-state index is 15.0. The molecule has 4 aromatic carbocycles. The van der Waals surface area contributed by atoms with Gasteiger partial charge in [-0.1, -0.05) is 48.0 Å². The lowest BCUT2D eigenvalue weighted by Crippen LogP contribution is -2.11. The van der Waals surface area contributed by atoms with Crippen LogP contribution in [0.3, 0.4) is 0 Å². The summed E-state index contributed by atoms with van der Waals surface area (Å²) < 4.78 is 35.9. The fourth-order valence-corrected chi connectivity index (χ4v) is 4.15. The standard InChI is InChI=1S/C31H23F2N3O3/c1-19-10-12-22(13-11-19)30(38)34-24-16-14-21(15-17-24)28-29(26-8-3-4-9-27(26)33)35-36(31(28)39-20(2)37)25-7-5-6-23(32)18-25/h3-18H,1-2H3,(H,34,38). The summed E-state index contributed by atoms with van der Waals surface area (Å²) in [6.07, 6.45) is 0. The first kappa shape index (κ1) is 25.5. The number of aromatic nitrogens is 2. The molecule has 1 N–H and O–H groups in total. The largest absolute Gasteiger partial charge is 0.407 e. The first-order valence-corrected chi connectivity index (χ1v) is 12.1. The summed E-state index contributed by atoms with van der Waals surface area (Å²) in [5, 5.41) is 7.41. The number of anilines is 1. The minimum atomic E-state index is -0.629. The highest BCUT2D eigenvalue weighted by atomic mass is 19.1. The summed E-state index contributed by atoms with van der Waals surface area (Å²) in [5.41, 5.74) is 3.62. The van der Waals surface area contributed by atoms with Crippen LogP contribution < -0.4 is 10.1 Å². The molecule has 194 valence electrons. The summed E-state index contributed by atoms with van der Waals surface area (Å²) in [6, 6.07) is 25.7. The number of ether oxygens (including phenoxy) is 1. The third kappa shape index (κ3) is 5.45. The van der Waals surface area contributed by atoms with Gasteiger partial charge in [0.2, 0.25) is 5.88 Å². The minimum Gasteiger partial charge on any atom is -0.407 e. The number of hydrogen-bond donors (Lipinski definition) is 1. The number of esters is 1. The van der Waals surface area contributed by atoms with Crippen molar-refractivity contribution in [3.8, 4) is 34.0 Å². The molecule has 5 rings (SSSR count). The molecule has 0 unspecified atom stereocenters. The van der Waals surface area contributed by atoms with Crippen molar-refractivity contribution < 1.29 is 23.1 Å². The zero-order valence-electron chi connectivity index (χ0n) is 21.1. The molecule has 39 heavy (non-hydrogen) atoms. The second-order valence-corrected chi connectivity index (χ2v) is 8.89. The highest BCUT2D eigenvalue weighted by Crippen LogP contribution is 2.42. The average molecular weight is 524 g/mol. The Morgan fingerprint density at radius 2 is 1.59 bits per heavy atom. The van der Waals surface area contributed by atoms with Gasteiger partial charge in [-0.25, -0.2) is 8.78 Å². The van der Waals surface area contributed by atoms with E-state index in [0.717, 1.165) is 5.56 Å². The number of hydrogen-bond acceptors (Lipinski definition) is 4. The van der Waals surface area contributed by atoms with Gasteiger partial charge in [0.15, 0.2) is 0 Å². The van der Waals surface area contributed by atoms with E-state index in [1.165, 1.54) is 35.9 Å². The number of rotatable bonds is 6. The number of aryl methyl sites for hydroxylation is 1. The average Bonchev–Trinajstić information content (AvgIpc) is 3.28. The molecule has 1 amide bonds. The van der Waals surface area contributed by atoms with Crippen LogP contribution in [0, 0.1) is 18.6 Å². The van der Waals surface area contributed by atoms with E-state index < -0.39 is 17.6 Å². The first-order chi connectivity index (χ1) is 18.8. The Balaban J connectivity index is 1.62. The quantitative estimate of drug-likeness (QED) is 0.244. The predicted molar refractivity (Wildman–Crippen MR) is 145 cm³/mol. The van der Waals surface area contributed by atoms with E-state index in [9.17, 15) is 18.4 Å². The second kappa shape index (κ2) is 10.7. The number of carbonyl (C=O) groups is 2. The van der Waals surface area contributed by atoms with Crippen molar-refractivity contribution in [3.05, 3.63) is 120 Å². The monoisotopic (exact) mass is 523 g/mol. The lowest BCUT2D eigenvalue weighted by molar-refractivity contribution is -0.132. The van der Waals surface area contributed by atoms with E-state index >= 15 is 0 Å². The molecule has 0 aliphatic carbocycles. The number of benzene rings is 4. The van der Waals surface area contributed by atoms with Gasteiger partial charge >= 0.3 is 5.97 Å². The van der Waals surface area contributed by atoms with E-state index in [2.05, 4.69) is 10.4 Å². The van der Waals surface area contributed by atoms with Crippen molar-refractivity contribution in [2.75, 3.05) is 5.32 Å². The Kier molecular flexibility index (Phi) is 7.01. The molecule has 0 aliphatic rings. The first-order valence-electron chi connectivity index (χ1n) is 12.1. The molecule has 8 heteroatoms. The third-order valence-corrected chi connectivity index (χ3v) is 6.01. The van der Waals surface area contributed by atoms with Crippen LogP contribution in [0.15, 0.2) is 97.1 Å². The smallest absolute Gasteiger partial charge is 0.309 e. The molecule has 0 spiro atoms. The zero-order valence-corrected chi connectivity index (χ0v) is 21.1. The number of halogens is 2. The van der Waals surface area contributed by atoms with Crippen molar-refractivity contribution >= 4 is 17.6 Å². The van der Waals surface area contributed by atoms with Gasteiger partial charge in [-0.15, -0.1) is 0 Å². The zero-order chi connectivity index (χ0) is 27.5. The van der Waals surface area contributed by atoms with Crippen LogP contribution in [-0.2, 0) is 4.79 Å². The molecule has 0 saturated carbocycles. The van der Waals surface area contributed by atoms with Crippen molar-refractivity contribution in [3.63, 3.8) is 0 Å². The maximum Gasteiger partial charge on any atom is 0.309 e. The Morgan fingerprint density at radius 3 is 2.26 bits per heavy atom. The minimum absolute atomic E-state index is 0.00259. The molecule has 0 radical (unpaired) electrons. The normalized spacial score (nSPS) is 10.8. The molecule has 0 fully saturated rings. The van der Waals surface area contributed by atoms with Gasteiger partial charge in [0.05, 0.1) is 11.3 Å². The van der Waals surface area contributed by atoms with Crippen LogP contribution in [0.5, 0.6) is 5.88 Å². The fourth-order valence-electron chi connectivity index (χ4n) is 4.15. The van der Waals surface area contributed by atoms with E-state index in [4.69, 9.17) is 4.74 Å². The van der Waals surface area contributed by atoms with E-state index in [1.54, 1.807) is 60.7 Å². The molecule has 0 aliphatic heterocycles. The fraction of sp³-hybridized carbons (Fsp3) is 0.0645. The number of nitrogens with zero attached hydrogens (tertiary/aromatic N) is 2. The highest BCUT2D eigenvalue weighted by Gasteiger charge is 2.26. The van der Waals surface area contributed by atoms with Crippen LogP contribution >= 0.6 is 0 Å². The number of amides is 1. The lowest BCUT2D eigenvalue weighted by atomic mass is 10.0. The van der Waals surface area contributed by atoms with Gasteiger partial charge in [-0.05, 0) is 67.1 Å². The highest BCUT2D eigenvalue weighted by molar-refractivity contribution is 6.04. The van der Waals surface area contributed by atoms with Crippen LogP contribution in [-0.4, -0.2) is 21.7 Å². The van der Waals surface area contributed by atoms with Gasteiger partial charge in [0.25, 0.3) is 5.91 Å². The van der Waals surface area contributed by atoms with Crippen molar-refractivity contribution in [1.82, 2.24) is 9.78 Å². The summed E-state index contributed by atoms with van der Waals surface area (Å²) in [6.45, 7) is 3.18. The molecule has 0 saturated heterocycles. The van der Waals surface area contributed by atoms with Crippen molar-refractivity contribution in [1.29, 1.82) is 0 Å². The van der Waals surface area contributed by atoms with Gasteiger partial charge in [0.1, 0.15) is 17.3 Å². The Hall–Kier alpha value is -5.11.